The summed E-state index contributed by atoms with van der Waals surface area (Å²) in [6.07, 6.45) is 1.19. The van der Waals surface area contributed by atoms with Gasteiger partial charge in [0.05, 0.1) is 19.1 Å². The monoisotopic (exact) mass is 277 g/mol. The van der Waals surface area contributed by atoms with Crippen LogP contribution in [0.4, 0.5) is 0 Å². The van der Waals surface area contributed by atoms with Crippen molar-refractivity contribution in [1.29, 1.82) is 0 Å². The Morgan fingerprint density at radius 2 is 2.15 bits per heavy atom. The van der Waals surface area contributed by atoms with Crippen LogP contribution < -0.4 is 5.32 Å². The van der Waals surface area contributed by atoms with Crippen molar-refractivity contribution in [2.75, 3.05) is 19.8 Å². The molecule has 1 N–H and O–H groups in total. The molecule has 1 heterocycles. The van der Waals surface area contributed by atoms with Crippen molar-refractivity contribution in [2.45, 2.75) is 38.8 Å². The first-order valence-corrected chi connectivity index (χ1v) is 7.23. The van der Waals surface area contributed by atoms with Crippen molar-refractivity contribution in [1.82, 2.24) is 5.32 Å². The second-order valence-electron chi connectivity index (χ2n) is 5.19. The predicted molar refractivity (Wildman–Crippen MR) is 77.7 cm³/mol. The van der Waals surface area contributed by atoms with Gasteiger partial charge in [-0.25, -0.2) is 0 Å². The first-order valence-electron chi connectivity index (χ1n) is 7.23. The van der Waals surface area contributed by atoms with E-state index in [1.807, 2.05) is 38.1 Å². The molecule has 0 radical (unpaired) electrons. The lowest BCUT2D eigenvalue weighted by Crippen LogP contribution is -2.50. The molecule has 4 nitrogen and oxygen atoms in total. The number of rotatable bonds is 5. The molecule has 4 heteroatoms. The summed E-state index contributed by atoms with van der Waals surface area (Å²) in [5.74, 6) is 0.0467. The van der Waals surface area contributed by atoms with E-state index in [1.54, 1.807) is 0 Å². The Morgan fingerprint density at radius 3 is 2.85 bits per heavy atom. The minimum Gasteiger partial charge on any atom is -0.379 e. The molecule has 1 aromatic rings. The van der Waals surface area contributed by atoms with Crippen LogP contribution in [0.5, 0.6) is 0 Å². The molecule has 0 aliphatic carbocycles. The van der Waals surface area contributed by atoms with E-state index in [0.29, 0.717) is 26.2 Å². The van der Waals surface area contributed by atoms with E-state index >= 15 is 0 Å². The molecule has 0 unspecified atom stereocenters. The smallest absolute Gasteiger partial charge is 0.224 e. The molecule has 0 spiro atoms. The van der Waals surface area contributed by atoms with Gasteiger partial charge in [0, 0.05) is 13.2 Å². The van der Waals surface area contributed by atoms with Gasteiger partial charge in [-0.2, -0.15) is 0 Å². The third-order valence-corrected chi connectivity index (χ3v) is 3.52. The molecule has 20 heavy (non-hydrogen) atoms. The van der Waals surface area contributed by atoms with Crippen LogP contribution in [0.2, 0.25) is 0 Å². The number of carbonyl (C=O) groups excluding carboxylic acids is 1. The number of amides is 1. The van der Waals surface area contributed by atoms with Crippen LogP contribution in [0.15, 0.2) is 24.3 Å². The van der Waals surface area contributed by atoms with Gasteiger partial charge in [0.2, 0.25) is 5.91 Å². The number of hydrogen-bond acceptors (Lipinski definition) is 3. The molecular formula is C16H23NO3. The molecule has 0 bridgehead atoms. The lowest BCUT2D eigenvalue weighted by atomic mass is 10.0. The fraction of sp³-hybridized carbons (Fsp3) is 0.562. The Hall–Kier alpha value is -1.39. The van der Waals surface area contributed by atoms with Gasteiger partial charge in [-0.15, -0.1) is 0 Å². The summed E-state index contributed by atoms with van der Waals surface area (Å²) in [6.45, 7) is 5.87. The summed E-state index contributed by atoms with van der Waals surface area (Å²) in [4.78, 5) is 12.1. The Bertz CT molecular complexity index is 428. The maximum Gasteiger partial charge on any atom is 0.224 e. The summed E-state index contributed by atoms with van der Waals surface area (Å²) >= 11 is 0. The zero-order valence-corrected chi connectivity index (χ0v) is 12.2. The van der Waals surface area contributed by atoms with E-state index in [4.69, 9.17) is 9.47 Å². The average Bonchev–Trinajstić information content (AvgIpc) is 2.44. The van der Waals surface area contributed by atoms with Crippen molar-refractivity contribution in [3.8, 4) is 0 Å². The van der Waals surface area contributed by atoms with Gasteiger partial charge >= 0.3 is 0 Å². The summed E-state index contributed by atoms with van der Waals surface area (Å²) in [5, 5.41) is 3.07. The van der Waals surface area contributed by atoms with Crippen molar-refractivity contribution < 1.29 is 14.3 Å². The standard InChI is InChI=1S/C16H23NO3/c1-3-20-15-11-19-9-8-14(15)17-16(18)10-13-6-4-12(2)5-7-13/h4-7,14-15H,3,8-11H2,1-2H3,(H,17,18)/t14-,15-/m1/s1. The zero-order valence-electron chi connectivity index (χ0n) is 12.2. The SMILES string of the molecule is CCO[C@@H]1COCC[C@H]1NC(=O)Cc1ccc(C)cc1. The van der Waals surface area contributed by atoms with Gasteiger partial charge in [0.1, 0.15) is 6.10 Å². The molecule has 1 aliphatic rings. The van der Waals surface area contributed by atoms with Crippen molar-refractivity contribution in [3.05, 3.63) is 35.4 Å². The van der Waals surface area contributed by atoms with E-state index in [2.05, 4.69) is 5.32 Å². The third-order valence-electron chi connectivity index (χ3n) is 3.52. The number of nitrogens with one attached hydrogen (secondary N) is 1. The second kappa shape index (κ2) is 7.41. The maximum atomic E-state index is 12.1. The van der Waals surface area contributed by atoms with E-state index < -0.39 is 0 Å². The van der Waals surface area contributed by atoms with E-state index in [-0.39, 0.29) is 18.1 Å². The van der Waals surface area contributed by atoms with Crippen LogP contribution in [0.3, 0.4) is 0 Å². The molecule has 1 fully saturated rings. The minimum atomic E-state index is -0.0317. The molecule has 0 aromatic heterocycles. The zero-order chi connectivity index (χ0) is 14.4. The van der Waals surface area contributed by atoms with Crippen LogP contribution in [-0.2, 0) is 20.7 Å². The molecule has 1 aromatic carbocycles. The average molecular weight is 277 g/mol. The molecular weight excluding hydrogens is 254 g/mol. The Morgan fingerprint density at radius 1 is 1.40 bits per heavy atom. The van der Waals surface area contributed by atoms with E-state index in [1.165, 1.54) is 5.56 Å². The number of ether oxygens (including phenoxy) is 2. The molecule has 0 saturated carbocycles. The Kier molecular flexibility index (Phi) is 5.56. The van der Waals surface area contributed by atoms with Gasteiger partial charge < -0.3 is 14.8 Å². The molecule has 1 saturated heterocycles. The van der Waals surface area contributed by atoms with Crippen molar-refractivity contribution in [2.24, 2.45) is 0 Å². The van der Waals surface area contributed by atoms with Crippen LogP contribution in [0.1, 0.15) is 24.5 Å². The highest BCUT2D eigenvalue weighted by Gasteiger charge is 2.27. The van der Waals surface area contributed by atoms with Gasteiger partial charge in [0.25, 0.3) is 0 Å². The highest BCUT2D eigenvalue weighted by atomic mass is 16.5. The summed E-state index contributed by atoms with van der Waals surface area (Å²) < 4.78 is 11.0. The van der Waals surface area contributed by atoms with Crippen LogP contribution in [0, 0.1) is 6.92 Å². The van der Waals surface area contributed by atoms with Gasteiger partial charge in [-0.05, 0) is 25.8 Å². The highest BCUT2D eigenvalue weighted by Crippen LogP contribution is 2.12. The number of aryl methyl sites for hydroxylation is 1. The van der Waals surface area contributed by atoms with Crippen molar-refractivity contribution >= 4 is 5.91 Å². The van der Waals surface area contributed by atoms with E-state index in [0.717, 1.165) is 12.0 Å². The maximum absolute atomic E-state index is 12.1. The number of carbonyl (C=O) groups is 1. The molecule has 2 rings (SSSR count). The van der Waals surface area contributed by atoms with Crippen LogP contribution in [-0.4, -0.2) is 37.9 Å². The Balaban J connectivity index is 1.87. The summed E-state index contributed by atoms with van der Waals surface area (Å²) in [7, 11) is 0. The Labute approximate surface area is 120 Å². The predicted octanol–water partition coefficient (Wildman–Crippen LogP) is 1.85. The number of benzene rings is 1. The van der Waals surface area contributed by atoms with Gasteiger partial charge in [-0.3, -0.25) is 4.79 Å². The molecule has 1 aliphatic heterocycles. The van der Waals surface area contributed by atoms with Crippen LogP contribution >= 0.6 is 0 Å². The topological polar surface area (TPSA) is 47.6 Å². The number of hydrogen-bond donors (Lipinski definition) is 1. The largest absolute Gasteiger partial charge is 0.379 e. The first-order chi connectivity index (χ1) is 9.69. The summed E-state index contributed by atoms with van der Waals surface area (Å²) in [5.41, 5.74) is 2.24. The van der Waals surface area contributed by atoms with Crippen molar-refractivity contribution in [3.63, 3.8) is 0 Å². The molecule has 2 atom stereocenters. The second-order valence-corrected chi connectivity index (χ2v) is 5.19. The highest BCUT2D eigenvalue weighted by molar-refractivity contribution is 5.78. The van der Waals surface area contributed by atoms with Crippen LogP contribution in [0.25, 0.3) is 0 Å². The first kappa shape index (κ1) is 15.0. The van der Waals surface area contributed by atoms with E-state index in [9.17, 15) is 4.79 Å². The quantitative estimate of drug-likeness (QED) is 0.893. The normalized spacial score (nSPS) is 22.5. The fourth-order valence-corrected chi connectivity index (χ4v) is 2.40. The minimum absolute atomic E-state index is 0.0317. The third kappa shape index (κ3) is 4.32. The lowest BCUT2D eigenvalue weighted by molar-refractivity contribution is -0.125. The molecule has 110 valence electrons. The van der Waals surface area contributed by atoms with Gasteiger partial charge in [0.15, 0.2) is 0 Å². The van der Waals surface area contributed by atoms with Gasteiger partial charge in [-0.1, -0.05) is 29.8 Å². The molecule has 1 amide bonds. The fourth-order valence-electron chi connectivity index (χ4n) is 2.40. The summed E-state index contributed by atoms with van der Waals surface area (Å²) in [6, 6.07) is 8.11. The lowest BCUT2D eigenvalue weighted by Gasteiger charge is -2.31.